The molecular weight excluding hydrogens is 351 g/mol. The second kappa shape index (κ2) is 9.46. The third-order valence-electron chi connectivity index (χ3n) is 4.43. The number of methoxy groups -OCH3 is 1. The van der Waals surface area contributed by atoms with E-state index in [0.717, 1.165) is 5.56 Å². The summed E-state index contributed by atoms with van der Waals surface area (Å²) in [7, 11) is 1.64. The van der Waals surface area contributed by atoms with Gasteiger partial charge in [-0.3, -0.25) is 4.79 Å². The lowest BCUT2D eigenvalue weighted by molar-refractivity contribution is -0.120. The Morgan fingerprint density at radius 3 is 2.42 bits per heavy atom. The Morgan fingerprint density at radius 2 is 1.69 bits per heavy atom. The SMILES string of the molecule is COC(CC(=O)Cc1ccc(F)cc1)Cc1cccc2ccccc12.Cl. The topological polar surface area (TPSA) is 26.3 Å². The first-order chi connectivity index (χ1) is 12.2. The summed E-state index contributed by atoms with van der Waals surface area (Å²) in [6, 6.07) is 20.5. The van der Waals surface area contributed by atoms with Gasteiger partial charge in [0.1, 0.15) is 11.6 Å². The number of hydrogen-bond donors (Lipinski definition) is 0. The maximum Gasteiger partial charge on any atom is 0.139 e. The van der Waals surface area contributed by atoms with Crippen molar-refractivity contribution in [2.45, 2.75) is 25.4 Å². The monoisotopic (exact) mass is 372 g/mol. The van der Waals surface area contributed by atoms with Crippen LogP contribution in [0.15, 0.2) is 66.7 Å². The van der Waals surface area contributed by atoms with Gasteiger partial charge in [-0.1, -0.05) is 54.6 Å². The lowest BCUT2D eigenvalue weighted by Gasteiger charge is -2.16. The van der Waals surface area contributed by atoms with Crippen LogP contribution in [-0.2, 0) is 22.4 Å². The number of fused-ring (bicyclic) bond motifs is 1. The standard InChI is InChI=1S/C22H21FO2.ClH/c1-25-21(15-20(24)13-16-9-11-19(23)12-10-16)14-18-7-4-6-17-5-2-3-8-22(17)18;/h2-12,21H,13-15H2,1H3;1H. The molecule has 2 nitrogen and oxygen atoms in total. The van der Waals surface area contributed by atoms with E-state index in [0.29, 0.717) is 19.3 Å². The Kier molecular flexibility index (Phi) is 7.31. The number of ether oxygens (including phenoxy) is 1. The third-order valence-corrected chi connectivity index (χ3v) is 4.43. The van der Waals surface area contributed by atoms with Crippen LogP contribution in [0.2, 0.25) is 0 Å². The largest absolute Gasteiger partial charge is 0.381 e. The quantitative estimate of drug-likeness (QED) is 0.572. The first kappa shape index (κ1) is 20.1. The van der Waals surface area contributed by atoms with Gasteiger partial charge in [-0.05, 0) is 40.5 Å². The van der Waals surface area contributed by atoms with Crippen molar-refractivity contribution in [3.8, 4) is 0 Å². The van der Waals surface area contributed by atoms with E-state index in [4.69, 9.17) is 4.74 Å². The molecule has 0 aliphatic rings. The molecule has 0 aliphatic heterocycles. The number of halogens is 2. The molecule has 0 spiro atoms. The molecule has 1 atom stereocenters. The average Bonchev–Trinajstić information content (AvgIpc) is 2.63. The number of Topliss-reactive ketones (excluding diaryl/α,β-unsaturated/α-hetero) is 1. The minimum absolute atomic E-state index is 0. The fraction of sp³-hybridized carbons (Fsp3) is 0.227. The summed E-state index contributed by atoms with van der Waals surface area (Å²) in [5.74, 6) is -0.194. The summed E-state index contributed by atoms with van der Waals surface area (Å²) in [4.78, 5) is 12.3. The van der Waals surface area contributed by atoms with Gasteiger partial charge in [-0.2, -0.15) is 0 Å². The lowest BCUT2D eigenvalue weighted by atomic mass is 9.96. The molecule has 0 aromatic heterocycles. The van der Waals surface area contributed by atoms with E-state index >= 15 is 0 Å². The molecule has 4 heteroatoms. The van der Waals surface area contributed by atoms with E-state index in [9.17, 15) is 9.18 Å². The summed E-state index contributed by atoms with van der Waals surface area (Å²) in [6.07, 6.45) is 1.17. The molecule has 0 fully saturated rings. The van der Waals surface area contributed by atoms with Crippen molar-refractivity contribution in [1.29, 1.82) is 0 Å². The molecule has 0 heterocycles. The van der Waals surface area contributed by atoms with Crippen LogP contribution in [0.1, 0.15) is 17.5 Å². The molecule has 136 valence electrons. The van der Waals surface area contributed by atoms with E-state index < -0.39 is 0 Å². The summed E-state index contributed by atoms with van der Waals surface area (Å²) in [6.45, 7) is 0. The molecular formula is C22H22ClFO2. The minimum Gasteiger partial charge on any atom is -0.381 e. The molecule has 26 heavy (non-hydrogen) atoms. The van der Waals surface area contributed by atoms with Crippen LogP contribution in [-0.4, -0.2) is 19.0 Å². The molecule has 3 aromatic rings. The Balaban J connectivity index is 0.00000243. The molecule has 0 N–H and O–H groups in total. The van der Waals surface area contributed by atoms with E-state index in [1.54, 1.807) is 19.2 Å². The highest BCUT2D eigenvalue weighted by atomic mass is 35.5. The molecule has 1 unspecified atom stereocenters. The van der Waals surface area contributed by atoms with Crippen LogP contribution in [0.3, 0.4) is 0 Å². The van der Waals surface area contributed by atoms with Crippen molar-refractivity contribution in [1.82, 2.24) is 0 Å². The Hall–Kier alpha value is -2.23. The molecule has 0 saturated heterocycles. The van der Waals surface area contributed by atoms with Gasteiger partial charge >= 0.3 is 0 Å². The van der Waals surface area contributed by atoms with Crippen molar-refractivity contribution in [3.63, 3.8) is 0 Å². The molecule has 0 saturated carbocycles. The molecule has 0 aliphatic carbocycles. The van der Waals surface area contributed by atoms with Gasteiger partial charge in [0.15, 0.2) is 0 Å². The van der Waals surface area contributed by atoms with Crippen LogP contribution in [0.25, 0.3) is 10.8 Å². The van der Waals surface area contributed by atoms with Crippen molar-refractivity contribution in [2.75, 3.05) is 7.11 Å². The Labute approximate surface area is 159 Å². The van der Waals surface area contributed by atoms with Gasteiger partial charge in [-0.15, -0.1) is 12.4 Å². The van der Waals surface area contributed by atoms with E-state index in [1.807, 2.05) is 18.2 Å². The van der Waals surface area contributed by atoms with Crippen molar-refractivity contribution >= 4 is 29.0 Å². The zero-order valence-corrected chi connectivity index (χ0v) is 15.5. The predicted octanol–water partition coefficient (Wildman–Crippen LogP) is 5.16. The fourth-order valence-electron chi connectivity index (χ4n) is 3.11. The predicted molar refractivity (Wildman–Crippen MR) is 105 cm³/mol. The van der Waals surface area contributed by atoms with Crippen LogP contribution in [0.5, 0.6) is 0 Å². The smallest absolute Gasteiger partial charge is 0.139 e. The molecule has 3 aromatic carbocycles. The van der Waals surface area contributed by atoms with E-state index in [2.05, 4.69) is 24.3 Å². The number of benzene rings is 3. The van der Waals surface area contributed by atoms with Gasteiger partial charge in [0.05, 0.1) is 6.10 Å². The van der Waals surface area contributed by atoms with Crippen molar-refractivity contribution in [3.05, 3.63) is 83.7 Å². The number of ketones is 1. The fourth-order valence-corrected chi connectivity index (χ4v) is 3.11. The average molecular weight is 373 g/mol. The lowest BCUT2D eigenvalue weighted by Crippen LogP contribution is -2.20. The number of hydrogen-bond acceptors (Lipinski definition) is 2. The van der Waals surface area contributed by atoms with Crippen LogP contribution in [0, 0.1) is 5.82 Å². The van der Waals surface area contributed by atoms with Gasteiger partial charge in [-0.25, -0.2) is 4.39 Å². The molecule has 0 bridgehead atoms. The zero-order chi connectivity index (χ0) is 17.6. The molecule has 0 radical (unpaired) electrons. The Bertz CT molecular complexity index is 856. The van der Waals surface area contributed by atoms with Crippen molar-refractivity contribution in [2.24, 2.45) is 0 Å². The molecule has 0 amide bonds. The van der Waals surface area contributed by atoms with Crippen molar-refractivity contribution < 1.29 is 13.9 Å². The zero-order valence-electron chi connectivity index (χ0n) is 14.7. The van der Waals surface area contributed by atoms with Crippen LogP contribution >= 0.6 is 12.4 Å². The summed E-state index contributed by atoms with van der Waals surface area (Å²) >= 11 is 0. The normalized spacial score (nSPS) is 11.8. The van der Waals surface area contributed by atoms with Gasteiger partial charge in [0.25, 0.3) is 0 Å². The second-order valence-corrected chi connectivity index (χ2v) is 6.25. The van der Waals surface area contributed by atoms with Gasteiger partial charge < -0.3 is 4.74 Å². The highest BCUT2D eigenvalue weighted by Gasteiger charge is 2.15. The van der Waals surface area contributed by atoms with Crippen LogP contribution < -0.4 is 0 Å². The number of carbonyl (C=O) groups excluding carboxylic acids is 1. The van der Waals surface area contributed by atoms with E-state index in [1.165, 1.54) is 28.5 Å². The highest BCUT2D eigenvalue weighted by Crippen LogP contribution is 2.21. The van der Waals surface area contributed by atoms with Crippen LogP contribution in [0.4, 0.5) is 4.39 Å². The highest BCUT2D eigenvalue weighted by molar-refractivity contribution is 5.86. The minimum atomic E-state index is -0.290. The van der Waals surface area contributed by atoms with E-state index in [-0.39, 0.29) is 30.1 Å². The summed E-state index contributed by atoms with van der Waals surface area (Å²) in [5.41, 5.74) is 2.01. The van der Waals surface area contributed by atoms with Gasteiger partial charge in [0.2, 0.25) is 0 Å². The second-order valence-electron chi connectivity index (χ2n) is 6.25. The maximum absolute atomic E-state index is 13.0. The van der Waals surface area contributed by atoms with Gasteiger partial charge in [0, 0.05) is 20.0 Å². The maximum atomic E-state index is 13.0. The molecule has 3 rings (SSSR count). The number of rotatable bonds is 7. The third kappa shape index (κ3) is 5.13. The Morgan fingerprint density at radius 1 is 1.00 bits per heavy atom. The summed E-state index contributed by atoms with van der Waals surface area (Å²) < 4.78 is 18.5. The first-order valence-corrected chi connectivity index (χ1v) is 8.41. The summed E-state index contributed by atoms with van der Waals surface area (Å²) in [5, 5.41) is 2.38. The number of carbonyl (C=O) groups is 1. The first-order valence-electron chi connectivity index (χ1n) is 8.41.